The fraction of sp³-hybridized carbons (Fsp3) is 0.600. The van der Waals surface area contributed by atoms with Crippen molar-refractivity contribution in [2.24, 2.45) is 5.92 Å². The Morgan fingerprint density at radius 1 is 1.50 bits per heavy atom. The molecule has 0 spiro atoms. The molecule has 1 fully saturated rings. The van der Waals surface area contributed by atoms with Crippen molar-refractivity contribution in [1.82, 2.24) is 10.6 Å². The predicted octanol–water partition coefficient (Wildman–Crippen LogP) is -1.57. The molecule has 6 heteroatoms. The lowest BCUT2D eigenvalue weighted by molar-refractivity contribution is -0.142. The highest BCUT2D eigenvalue weighted by molar-refractivity contribution is 5.80. The number of carboxylic acid groups (broad SMARTS) is 1. The number of aliphatic carboxylic acids is 1. The van der Waals surface area contributed by atoms with Crippen molar-refractivity contribution in [1.29, 1.82) is 0 Å². The average molecular weight is 226 g/mol. The number of carboxylic acids is 1. The molecule has 0 saturated carbocycles. The minimum atomic E-state index is -0.959. The Labute approximate surface area is 93.3 Å². The summed E-state index contributed by atoms with van der Waals surface area (Å²) in [5.41, 5.74) is 0. The SMILES string of the molecule is C#CCNCC(=O)NC1COCC1C(=O)O. The largest absolute Gasteiger partial charge is 0.481 e. The molecule has 0 aromatic rings. The Kier molecular flexibility index (Phi) is 4.76. The number of carbonyl (C=O) groups is 2. The zero-order valence-electron chi connectivity index (χ0n) is 8.73. The van der Waals surface area contributed by atoms with Gasteiger partial charge < -0.3 is 15.2 Å². The lowest BCUT2D eigenvalue weighted by atomic mass is 10.0. The first-order chi connectivity index (χ1) is 7.65. The van der Waals surface area contributed by atoms with Gasteiger partial charge in [-0.3, -0.25) is 14.9 Å². The minimum Gasteiger partial charge on any atom is -0.481 e. The van der Waals surface area contributed by atoms with E-state index in [0.29, 0.717) is 6.54 Å². The van der Waals surface area contributed by atoms with E-state index in [1.807, 2.05) is 0 Å². The van der Waals surface area contributed by atoms with Crippen molar-refractivity contribution in [3.8, 4) is 12.3 Å². The van der Waals surface area contributed by atoms with Crippen LogP contribution in [0.25, 0.3) is 0 Å². The van der Waals surface area contributed by atoms with Crippen LogP contribution in [0.4, 0.5) is 0 Å². The molecule has 3 N–H and O–H groups in total. The van der Waals surface area contributed by atoms with Gasteiger partial charge in [0.05, 0.1) is 32.3 Å². The van der Waals surface area contributed by atoms with Crippen LogP contribution in [0.15, 0.2) is 0 Å². The molecule has 1 saturated heterocycles. The third-order valence-electron chi connectivity index (χ3n) is 2.26. The summed E-state index contributed by atoms with van der Waals surface area (Å²) in [5, 5.41) is 14.1. The zero-order chi connectivity index (χ0) is 12.0. The second kappa shape index (κ2) is 6.10. The fourth-order valence-electron chi connectivity index (χ4n) is 1.45. The number of carbonyl (C=O) groups excluding carboxylic acids is 1. The van der Waals surface area contributed by atoms with Crippen LogP contribution in [0.5, 0.6) is 0 Å². The zero-order valence-corrected chi connectivity index (χ0v) is 8.73. The summed E-state index contributed by atoms with van der Waals surface area (Å²) in [6, 6.07) is -0.461. The summed E-state index contributed by atoms with van der Waals surface area (Å²) in [7, 11) is 0. The van der Waals surface area contributed by atoms with Gasteiger partial charge in [0, 0.05) is 0 Å². The second-order valence-corrected chi connectivity index (χ2v) is 3.46. The number of nitrogens with one attached hydrogen (secondary N) is 2. The molecule has 1 heterocycles. The highest BCUT2D eigenvalue weighted by Gasteiger charge is 2.34. The highest BCUT2D eigenvalue weighted by Crippen LogP contribution is 2.13. The van der Waals surface area contributed by atoms with Crippen LogP contribution in [-0.4, -0.2) is 49.3 Å². The third kappa shape index (κ3) is 3.53. The number of ether oxygens (including phenoxy) is 1. The first kappa shape index (κ1) is 12.5. The topological polar surface area (TPSA) is 87.7 Å². The van der Waals surface area contributed by atoms with Crippen molar-refractivity contribution in [2.45, 2.75) is 6.04 Å². The lowest BCUT2D eigenvalue weighted by Gasteiger charge is -2.15. The molecule has 0 aromatic heterocycles. The van der Waals surface area contributed by atoms with Crippen molar-refractivity contribution in [3.63, 3.8) is 0 Å². The standard InChI is InChI=1S/C10H14N2O4/c1-2-3-11-4-9(13)12-8-6-16-5-7(8)10(14)15/h1,7-8,11H,3-6H2,(H,12,13)(H,14,15). The van der Waals surface area contributed by atoms with Gasteiger partial charge in [-0.15, -0.1) is 6.42 Å². The lowest BCUT2D eigenvalue weighted by Crippen LogP contribution is -2.45. The van der Waals surface area contributed by atoms with Crippen molar-refractivity contribution in [3.05, 3.63) is 0 Å². The van der Waals surface area contributed by atoms with Crippen LogP contribution in [0.1, 0.15) is 0 Å². The van der Waals surface area contributed by atoms with Crippen LogP contribution >= 0.6 is 0 Å². The molecule has 1 aliphatic rings. The Hall–Kier alpha value is -1.58. The summed E-state index contributed by atoms with van der Waals surface area (Å²) in [6.07, 6.45) is 5.00. The summed E-state index contributed by atoms with van der Waals surface area (Å²) < 4.78 is 5.01. The number of terminal acetylenes is 1. The molecule has 6 nitrogen and oxygen atoms in total. The first-order valence-corrected chi connectivity index (χ1v) is 4.89. The molecule has 0 bridgehead atoms. The van der Waals surface area contributed by atoms with E-state index < -0.39 is 17.9 Å². The molecule has 2 atom stereocenters. The summed E-state index contributed by atoms with van der Waals surface area (Å²) in [5.74, 6) is 0.424. The number of rotatable bonds is 5. The molecular weight excluding hydrogens is 212 g/mol. The Balaban J connectivity index is 2.33. The van der Waals surface area contributed by atoms with E-state index in [1.165, 1.54) is 0 Å². The van der Waals surface area contributed by atoms with Gasteiger partial charge in [0.15, 0.2) is 0 Å². The maximum atomic E-state index is 11.4. The molecule has 1 aliphatic heterocycles. The number of amides is 1. The molecule has 0 aromatic carbocycles. The van der Waals surface area contributed by atoms with E-state index in [0.717, 1.165) is 0 Å². The van der Waals surface area contributed by atoms with E-state index >= 15 is 0 Å². The Morgan fingerprint density at radius 3 is 2.88 bits per heavy atom. The van der Waals surface area contributed by atoms with Crippen molar-refractivity contribution >= 4 is 11.9 Å². The summed E-state index contributed by atoms with van der Waals surface area (Å²) in [4.78, 5) is 22.1. The van der Waals surface area contributed by atoms with E-state index in [9.17, 15) is 9.59 Å². The molecule has 0 radical (unpaired) electrons. The van der Waals surface area contributed by atoms with Gasteiger partial charge in [-0.25, -0.2) is 0 Å². The van der Waals surface area contributed by atoms with Crippen LogP contribution in [0, 0.1) is 18.3 Å². The minimum absolute atomic E-state index is 0.0764. The van der Waals surface area contributed by atoms with E-state index in [4.69, 9.17) is 16.3 Å². The van der Waals surface area contributed by atoms with Gasteiger partial charge in [0.2, 0.25) is 5.91 Å². The molecular formula is C10H14N2O4. The number of hydrogen-bond donors (Lipinski definition) is 3. The summed E-state index contributed by atoms with van der Waals surface area (Å²) in [6.45, 7) is 0.750. The van der Waals surface area contributed by atoms with Crippen LogP contribution in [-0.2, 0) is 14.3 Å². The Bertz CT molecular complexity index is 310. The average Bonchev–Trinajstić information content (AvgIpc) is 2.66. The van der Waals surface area contributed by atoms with Gasteiger partial charge in [-0.1, -0.05) is 5.92 Å². The maximum absolute atomic E-state index is 11.4. The Morgan fingerprint density at radius 2 is 2.25 bits per heavy atom. The monoisotopic (exact) mass is 226 g/mol. The van der Waals surface area contributed by atoms with Gasteiger partial charge in [-0.05, 0) is 0 Å². The molecule has 88 valence electrons. The van der Waals surface area contributed by atoms with Crippen LogP contribution < -0.4 is 10.6 Å². The smallest absolute Gasteiger partial charge is 0.311 e. The summed E-state index contributed by atoms with van der Waals surface area (Å²) >= 11 is 0. The van der Waals surface area contributed by atoms with Gasteiger partial charge in [0.25, 0.3) is 0 Å². The predicted molar refractivity (Wildman–Crippen MR) is 55.6 cm³/mol. The molecule has 1 rings (SSSR count). The highest BCUT2D eigenvalue weighted by atomic mass is 16.5. The third-order valence-corrected chi connectivity index (χ3v) is 2.26. The van der Waals surface area contributed by atoms with Gasteiger partial charge in [0.1, 0.15) is 5.92 Å². The first-order valence-electron chi connectivity index (χ1n) is 4.89. The normalized spacial score (nSPS) is 23.7. The fourth-order valence-corrected chi connectivity index (χ4v) is 1.45. The quantitative estimate of drug-likeness (QED) is 0.389. The maximum Gasteiger partial charge on any atom is 0.311 e. The van der Waals surface area contributed by atoms with Crippen molar-refractivity contribution in [2.75, 3.05) is 26.3 Å². The van der Waals surface area contributed by atoms with E-state index in [2.05, 4.69) is 16.6 Å². The van der Waals surface area contributed by atoms with Gasteiger partial charge in [-0.2, -0.15) is 0 Å². The van der Waals surface area contributed by atoms with E-state index in [1.54, 1.807) is 0 Å². The number of hydrogen-bond acceptors (Lipinski definition) is 4. The molecule has 2 unspecified atom stereocenters. The molecule has 1 amide bonds. The van der Waals surface area contributed by atoms with Gasteiger partial charge >= 0.3 is 5.97 Å². The molecule has 16 heavy (non-hydrogen) atoms. The van der Waals surface area contributed by atoms with Crippen LogP contribution in [0.3, 0.4) is 0 Å². The van der Waals surface area contributed by atoms with Crippen LogP contribution in [0.2, 0.25) is 0 Å². The van der Waals surface area contributed by atoms with E-state index in [-0.39, 0.29) is 25.7 Å². The van der Waals surface area contributed by atoms with Crippen molar-refractivity contribution < 1.29 is 19.4 Å². The second-order valence-electron chi connectivity index (χ2n) is 3.46. The molecule has 0 aliphatic carbocycles.